The van der Waals surface area contributed by atoms with Crippen LogP contribution < -0.4 is 4.74 Å². The molecule has 0 aromatic heterocycles. The summed E-state index contributed by atoms with van der Waals surface area (Å²) in [5.74, 6) is -5.23. The molecule has 2 aromatic rings. The Bertz CT molecular complexity index is 1310. The van der Waals surface area contributed by atoms with Gasteiger partial charge >= 0.3 is 18.1 Å². The molecule has 0 radical (unpaired) electrons. The Morgan fingerprint density at radius 2 is 1.82 bits per heavy atom. The summed E-state index contributed by atoms with van der Waals surface area (Å²) in [6.45, 7) is 1.64. The molecule has 13 heteroatoms. The zero-order valence-electron chi connectivity index (χ0n) is 21.6. The van der Waals surface area contributed by atoms with Crippen molar-refractivity contribution in [2.24, 2.45) is 10.9 Å². The summed E-state index contributed by atoms with van der Waals surface area (Å²) in [7, 11) is 0.907. The number of carbonyl (C=O) groups is 2. The molecule has 0 fully saturated rings. The summed E-state index contributed by atoms with van der Waals surface area (Å²) in [5.41, 5.74) is -1.62. The maximum atomic E-state index is 14.0. The fourth-order valence-electron chi connectivity index (χ4n) is 4.37. The lowest BCUT2D eigenvalue weighted by atomic mass is 9.75. The molecular weight excluding hydrogens is 601 g/mol. The molecule has 1 aliphatic rings. The molecule has 1 heterocycles. The molecule has 3 rings (SSSR count). The average molecular weight is 627 g/mol. The molecule has 0 saturated heterocycles. The van der Waals surface area contributed by atoms with Crippen molar-refractivity contribution < 1.29 is 41.9 Å². The van der Waals surface area contributed by atoms with Crippen LogP contribution >= 0.6 is 15.9 Å². The van der Waals surface area contributed by atoms with E-state index in [2.05, 4.69) is 25.7 Å². The van der Waals surface area contributed by atoms with E-state index in [-0.39, 0.29) is 23.4 Å². The molecule has 40 heavy (non-hydrogen) atoms. The highest BCUT2D eigenvalue weighted by Crippen LogP contribution is 2.44. The van der Waals surface area contributed by atoms with Crippen LogP contribution in [0.15, 0.2) is 64.8 Å². The van der Waals surface area contributed by atoms with Crippen molar-refractivity contribution >= 4 is 39.3 Å². The average Bonchev–Trinajstić information content (AvgIpc) is 2.93. The maximum Gasteiger partial charge on any atom is 0.430 e. The number of aliphatic imine (C=N–C) groups is 1. The van der Waals surface area contributed by atoms with Crippen molar-refractivity contribution in [2.75, 3.05) is 25.7 Å². The molecule has 0 amide bonds. The van der Waals surface area contributed by atoms with Gasteiger partial charge in [-0.1, -0.05) is 40.2 Å². The van der Waals surface area contributed by atoms with E-state index < -0.39 is 46.3 Å². The van der Waals surface area contributed by atoms with E-state index >= 15 is 0 Å². The van der Waals surface area contributed by atoms with E-state index in [9.17, 15) is 32.9 Å². The molecular formula is C27H26BrF3N2O7. The summed E-state index contributed by atoms with van der Waals surface area (Å²) >= 11 is 3.28. The van der Waals surface area contributed by atoms with E-state index in [0.717, 1.165) is 24.8 Å². The van der Waals surface area contributed by atoms with Gasteiger partial charge in [0.25, 0.3) is 5.69 Å². The normalized spacial score (nSPS) is 17.2. The third-order valence-electron chi connectivity index (χ3n) is 6.13. The van der Waals surface area contributed by atoms with Gasteiger partial charge in [-0.05, 0) is 43.0 Å². The summed E-state index contributed by atoms with van der Waals surface area (Å²) < 4.78 is 57.5. The van der Waals surface area contributed by atoms with Crippen LogP contribution in [0.4, 0.5) is 18.9 Å². The van der Waals surface area contributed by atoms with Gasteiger partial charge in [-0.3, -0.25) is 19.9 Å². The van der Waals surface area contributed by atoms with Crippen LogP contribution in [0.2, 0.25) is 0 Å². The van der Waals surface area contributed by atoms with Gasteiger partial charge < -0.3 is 14.2 Å². The molecule has 2 atom stereocenters. The number of allylic oxidation sites excluding steroid dienone is 1. The monoisotopic (exact) mass is 626 g/mol. The highest BCUT2D eigenvalue weighted by atomic mass is 79.9. The summed E-state index contributed by atoms with van der Waals surface area (Å²) in [6, 6.07) is 12.1. The predicted molar refractivity (Wildman–Crippen MR) is 143 cm³/mol. The first kappa shape index (κ1) is 30.8. The second-order valence-electron chi connectivity index (χ2n) is 8.75. The Labute approximate surface area is 236 Å². The molecule has 0 saturated carbocycles. The number of esters is 2. The molecule has 0 spiro atoms. The van der Waals surface area contributed by atoms with Crippen LogP contribution in [-0.4, -0.2) is 54.4 Å². The van der Waals surface area contributed by atoms with Crippen LogP contribution in [0, 0.1) is 16.0 Å². The van der Waals surface area contributed by atoms with Crippen molar-refractivity contribution in [1.82, 2.24) is 0 Å². The second-order valence-corrected chi connectivity index (χ2v) is 9.54. The standard InChI is InChI=1S/C27H26BrF3N2O7/c1-16-21(26(35)40-13-4-5-17-8-10-20(11-9-17)39-14-12-28)22(18-6-3-7-19(15-18)33(36)37)23(25(34)38-2)24(32-16)27(29,30)31/h3,6-11,15,22-23H,4-5,12-14H2,1-2H3. The topological polar surface area (TPSA) is 117 Å². The number of aryl methyl sites for hydroxylation is 1. The number of non-ortho nitro benzene ring substituents is 1. The first-order chi connectivity index (χ1) is 19.0. The zero-order chi connectivity index (χ0) is 29.4. The smallest absolute Gasteiger partial charge is 0.430 e. The van der Waals surface area contributed by atoms with Crippen LogP contribution in [0.1, 0.15) is 30.4 Å². The SMILES string of the molecule is COC(=O)C1C(C(F)(F)F)=NC(C)=C(C(=O)OCCCc2ccc(OCCBr)cc2)C1c1cccc([N+](=O)[O-])c1. The number of carbonyl (C=O) groups excluding carboxylic acids is 2. The van der Waals surface area contributed by atoms with Crippen molar-refractivity contribution in [2.45, 2.75) is 31.9 Å². The number of benzene rings is 2. The van der Waals surface area contributed by atoms with Gasteiger partial charge in [0, 0.05) is 29.1 Å². The van der Waals surface area contributed by atoms with Crippen LogP contribution in [0.3, 0.4) is 0 Å². The number of nitrogens with zero attached hydrogens (tertiary/aromatic N) is 2. The van der Waals surface area contributed by atoms with Gasteiger partial charge in [0.05, 0.1) is 30.8 Å². The van der Waals surface area contributed by atoms with Gasteiger partial charge in [-0.15, -0.1) is 0 Å². The fourth-order valence-corrected chi connectivity index (χ4v) is 4.53. The van der Waals surface area contributed by atoms with Crippen LogP contribution in [-0.2, 0) is 25.5 Å². The van der Waals surface area contributed by atoms with Crippen LogP contribution in [0.5, 0.6) is 5.75 Å². The Kier molecular flexibility index (Phi) is 10.4. The number of nitro benzene ring substituents is 1. The van der Waals surface area contributed by atoms with Gasteiger partial charge in [0.1, 0.15) is 17.4 Å². The lowest BCUT2D eigenvalue weighted by Crippen LogP contribution is -2.43. The minimum absolute atomic E-state index is 0.0604. The number of hydrogen-bond acceptors (Lipinski definition) is 8. The van der Waals surface area contributed by atoms with Gasteiger partial charge in [-0.25, -0.2) is 4.79 Å². The van der Waals surface area contributed by atoms with Crippen molar-refractivity contribution in [3.63, 3.8) is 0 Å². The van der Waals surface area contributed by atoms with Crippen molar-refractivity contribution in [1.29, 1.82) is 0 Å². The minimum Gasteiger partial charge on any atom is -0.493 e. The molecule has 0 N–H and O–H groups in total. The quantitative estimate of drug-likeness (QED) is 0.103. The predicted octanol–water partition coefficient (Wildman–Crippen LogP) is 5.71. The molecule has 9 nitrogen and oxygen atoms in total. The van der Waals surface area contributed by atoms with Gasteiger partial charge in [-0.2, -0.15) is 13.2 Å². The number of halogens is 4. The summed E-state index contributed by atoms with van der Waals surface area (Å²) in [6.07, 6.45) is -4.10. The number of hydrogen-bond donors (Lipinski definition) is 0. The minimum atomic E-state index is -5.04. The van der Waals surface area contributed by atoms with Gasteiger partial charge in [0.2, 0.25) is 0 Å². The van der Waals surface area contributed by atoms with Crippen LogP contribution in [0.25, 0.3) is 0 Å². The first-order valence-corrected chi connectivity index (χ1v) is 13.2. The van der Waals surface area contributed by atoms with E-state index in [4.69, 9.17) is 9.47 Å². The van der Waals surface area contributed by atoms with E-state index in [0.29, 0.717) is 30.5 Å². The van der Waals surface area contributed by atoms with Crippen molar-refractivity contribution in [3.05, 3.63) is 81.0 Å². The third kappa shape index (κ3) is 7.46. The van der Waals surface area contributed by atoms with E-state index in [1.807, 2.05) is 24.3 Å². The number of rotatable bonds is 11. The number of nitro groups is 1. The fraction of sp³-hybridized carbons (Fsp3) is 0.370. The Morgan fingerprint density at radius 1 is 1.12 bits per heavy atom. The van der Waals surface area contributed by atoms with E-state index in [1.165, 1.54) is 19.1 Å². The number of ether oxygens (including phenoxy) is 3. The molecule has 2 unspecified atom stereocenters. The summed E-state index contributed by atoms with van der Waals surface area (Å²) in [5, 5.41) is 12.1. The molecule has 1 aliphatic heterocycles. The van der Waals surface area contributed by atoms with E-state index in [1.54, 1.807) is 0 Å². The highest BCUT2D eigenvalue weighted by Gasteiger charge is 2.52. The first-order valence-electron chi connectivity index (χ1n) is 12.1. The Morgan fingerprint density at radius 3 is 2.42 bits per heavy atom. The lowest BCUT2D eigenvalue weighted by Gasteiger charge is -2.32. The molecule has 0 aliphatic carbocycles. The molecule has 2 aromatic carbocycles. The molecule has 214 valence electrons. The Balaban J connectivity index is 1.88. The summed E-state index contributed by atoms with van der Waals surface area (Å²) in [4.78, 5) is 40.1. The number of alkyl halides is 4. The lowest BCUT2D eigenvalue weighted by molar-refractivity contribution is -0.384. The zero-order valence-corrected chi connectivity index (χ0v) is 23.2. The van der Waals surface area contributed by atoms with Gasteiger partial charge in [0.15, 0.2) is 0 Å². The third-order valence-corrected chi connectivity index (χ3v) is 6.46. The highest BCUT2D eigenvalue weighted by molar-refractivity contribution is 9.09. The maximum absolute atomic E-state index is 14.0. The van der Waals surface area contributed by atoms with Crippen molar-refractivity contribution in [3.8, 4) is 5.75 Å². The Hall–Kier alpha value is -3.74. The second kappa shape index (κ2) is 13.6. The number of methoxy groups -OCH3 is 1. The molecule has 0 bridgehead atoms. The largest absolute Gasteiger partial charge is 0.493 e.